The summed E-state index contributed by atoms with van der Waals surface area (Å²) in [7, 11) is 0. The zero-order valence-electron chi connectivity index (χ0n) is 12.0. The first kappa shape index (κ1) is 15.3. The van der Waals surface area contributed by atoms with Crippen LogP contribution in [0.2, 0.25) is 0 Å². The van der Waals surface area contributed by atoms with Gasteiger partial charge in [-0.3, -0.25) is 4.79 Å². The zero-order chi connectivity index (χ0) is 13.2. The van der Waals surface area contributed by atoms with Crippen molar-refractivity contribution in [1.82, 2.24) is 0 Å². The first-order valence-corrected chi connectivity index (χ1v) is 7.58. The summed E-state index contributed by atoms with van der Waals surface area (Å²) in [4.78, 5) is 11.1. The van der Waals surface area contributed by atoms with E-state index in [-0.39, 0.29) is 0 Å². The van der Waals surface area contributed by atoms with E-state index in [1.807, 2.05) is 6.92 Å². The fourth-order valence-electron chi connectivity index (χ4n) is 2.87. The van der Waals surface area contributed by atoms with Crippen LogP contribution < -0.4 is 0 Å². The minimum absolute atomic E-state index is 0.441. The molecule has 0 aromatic carbocycles. The molecular formula is C16H28O2. The van der Waals surface area contributed by atoms with Gasteiger partial charge in [0.25, 0.3) is 0 Å². The highest BCUT2D eigenvalue weighted by molar-refractivity contribution is 5.73. The molecule has 0 heterocycles. The summed E-state index contributed by atoms with van der Waals surface area (Å²) in [6.07, 6.45) is 13.0. The Morgan fingerprint density at radius 1 is 1.17 bits per heavy atom. The van der Waals surface area contributed by atoms with E-state index in [9.17, 15) is 4.79 Å². The highest BCUT2D eigenvalue weighted by atomic mass is 16.5. The molecule has 0 spiro atoms. The lowest BCUT2D eigenvalue weighted by atomic mass is 9.77. The third-order valence-electron chi connectivity index (χ3n) is 4.06. The Morgan fingerprint density at radius 2 is 1.89 bits per heavy atom. The smallest absolute Gasteiger partial charge is 0.149 e. The number of hydrogen-bond donors (Lipinski definition) is 0. The van der Waals surface area contributed by atoms with Crippen LogP contribution >= 0.6 is 0 Å². The van der Waals surface area contributed by atoms with E-state index in [0.717, 1.165) is 30.6 Å². The Labute approximate surface area is 112 Å². The molecule has 1 aliphatic rings. The van der Waals surface area contributed by atoms with E-state index >= 15 is 0 Å². The monoisotopic (exact) mass is 252 g/mol. The summed E-state index contributed by atoms with van der Waals surface area (Å²) in [5.41, 5.74) is 0.865. The van der Waals surface area contributed by atoms with Gasteiger partial charge in [0.1, 0.15) is 6.29 Å². The molecule has 0 atom stereocenters. The standard InChI is InChI=1S/C16H28O2/c1-3-5-6-7-14-8-10-15(11-9-14)16(12-17)13-18-4-2/h12-15H,3-11H2,1-2H3/b16-13-/t14-,15-. The second-order valence-electron chi connectivity index (χ2n) is 5.40. The molecule has 0 N–H and O–H groups in total. The first-order chi connectivity index (χ1) is 8.81. The van der Waals surface area contributed by atoms with E-state index in [1.165, 1.54) is 38.5 Å². The molecule has 0 aromatic heterocycles. The quantitative estimate of drug-likeness (QED) is 0.275. The number of hydrogen-bond acceptors (Lipinski definition) is 2. The molecule has 0 bridgehead atoms. The first-order valence-electron chi connectivity index (χ1n) is 7.58. The largest absolute Gasteiger partial charge is 0.501 e. The van der Waals surface area contributed by atoms with Gasteiger partial charge in [-0.1, -0.05) is 32.6 Å². The second-order valence-corrected chi connectivity index (χ2v) is 5.40. The van der Waals surface area contributed by atoms with Crippen molar-refractivity contribution in [3.05, 3.63) is 11.8 Å². The number of carbonyl (C=O) groups is 1. The number of ether oxygens (including phenoxy) is 1. The zero-order valence-corrected chi connectivity index (χ0v) is 12.0. The third kappa shape index (κ3) is 5.24. The summed E-state index contributed by atoms with van der Waals surface area (Å²) in [6, 6.07) is 0. The van der Waals surface area contributed by atoms with Crippen LogP contribution in [0.25, 0.3) is 0 Å². The highest BCUT2D eigenvalue weighted by Gasteiger charge is 2.23. The van der Waals surface area contributed by atoms with Gasteiger partial charge in [-0.2, -0.15) is 0 Å². The lowest BCUT2D eigenvalue weighted by Gasteiger charge is -2.28. The topological polar surface area (TPSA) is 26.3 Å². The molecule has 1 aliphatic carbocycles. The molecule has 104 valence electrons. The van der Waals surface area contributed by atoms with Crippen molar-refractivity contribution in [2.45, 2.75) is 65.2 Å². The summed E-state index contributed by atoms with van der Waals surface area (Å²) in [6.45, 7) is 4.85. The third-order valence-corrected chi connectivity index (χ3v) is 4.06. The van der Waals surface area contributed by atoms with E-state index in [2.05, 4.69) is 6.92 Å². The lowest BCUT2D eigenvalue weighted by Crippen LogP contribution is -2.17. The normalized spacial score (nSPS) is 24.9. The number of rotatable bonds is 8. The Bertz CT molecular complexity index is 250. The molecule has 0 unspecified atom stereocenters. The maximum absolute atomic E-state index is 11.1. The van der Waals surface area contributed by atoms with Crippen LogP contribution in [0.5, 0.6) is 0 Å². The maximum Gasteiger partial charge on any atom is 0.149 e. The molecular weight excluding hydrogens is 224 g/mol. The van der Waals surface area contributed by atoms with Crippen LogP contribution in [0.1, 0.15) is 65.2 Å². The van der Waals surface area contributed by atoms with Gasteiger partial charge in [-0.15, -0.1) is 0 Å². The second kappa shape index (κ2) is 9.18. The highest BCUT2D eigenvalue weighted by Crippen LogP contribution is 2.35. The van der Waals surface area contributed by atoms with Crippen LogP contribution in [-0.2, 0) is 9.53 Å². The fourth-order valence-corrected chi connectivity index (χ4v) is 2.87. The van der Waals surface area contributed by atoms with Crippen molar-refractivity contribution < 1.29 is 9.53 Å². The van der Waals surface area contributed by atoms with E-state index in [0.29, 0.717) is 12.5 Å². The van der Waals surface area contributed by atoms with Crippen molar-refractivity contribution in [3.8, 4) is 0 Å². The van der Waals surface area contributed by atoms with Crippen molar-refractivity contribution in [2.75, 3.05) is 6.61 Å². The average molecular weight is 252 g/mol. The molecule has 1 rings (SSSR count). The SMILES string of the molecule is CCCCC[C@H]1CC[C@H](/C(C=O)=C\OCC)CC1. The van der Waals surface area contributed by atoms with Crippen LogP contribution in [0.3, 0.4) is 0 Å². The predicted octanol–water partition coefficient (Wildman–Crippen LogP) is 4.49. The Kier molecular flexibility index (Phi) is 7.79. The van der Waals surface area contributed by atoms with Gasteiger partial charge in [0.05, 0.1) is 12.9 Å². The van der Waals surface area contributed by atoms with Gasteiger partial charge >= 0.3 is 0 Å². The van der Waals surface area contributed by atoms with Gasteiger partial charge < -0.3 is 4.74 Å². The van der Waals surface area contributed by atoms with Gasteiger partial charge in [-0.25, -0.2) is 0 Å². The van der Waals surface area contributed by atoms with Crippen LogP contribution in [0, 0.1) is 11.8 Å². The van der Waals surface area contributed by atoms with Crippen molar-refractivity contribution in [3.63, 3.8) is 0 Å². The number of unbranched alkanes of at least 4 members (excludes halogenated alkanes) is 2. The molecule has 1 saturated carbocycles. The molecule has 0 aliphatic heterocycles. The Balaban J connectivity index is 2.31. The van der Waals surface area contributed by atoms with E-state index in [1.54, 1.807) is 6.26 Å². The van der Waals surface area contributed by atoms with Crippen LogP contribution in [-0.4, -0.2) is 12.9 Å². The van der Waals surface area contributed by atoms with E-state index < -0.39 is 0 Å². The molecule has 0 aromatic rings. The van der Waals surface area contributed by atoms with Gasteiger partial charge in [0, 0.05) is 5.57 Å². The van der Waals surface area contributed by atoms with Gasteiger partial charge in [-0.05, 0) is 44.4 Å². The maximum atomic E-state index is 11.1. The van der Waals surface area contributed by atoms with Crippen LogP contribution in [0.15, 0.2) is 11.8 Å². The van der Waals surface area contributed by atoms with Crippen molar-refractivity contribution >= 4 is 6.29 Å². The lowest BCUT2D eigenvalue weighted by molar-refractivity contribution is -0.105. The summed E-state index contributed by atoms with van der Waals surface area (Å²) < 4.78 is 5.25. The fraction of sp³-hybridized carbons (Fsp3) is 0.812. The van der Waals surface area contributed by atoms with E-state index in [4.69, 9.17) is 4.74 Å². The molecule has 18 heavy (non-hydrogen) atoms. The molecule has 0 amide bonds. The Morgan fingerprint density at radius 3 is 2.44 bits per heavy atom. The average Bonchev–Trinajstić information content (AvgIpc) is 2.41. The van der Waals surface area contributed by atoms with Crippen molar-refractivity contribution in [2.24, 2.45) is 11.8 Å². The summed E-state index contributed by atoms with van der Waals surface area (Å²) >= 11 is 0. The Hall–Kier alpha value is -0.790. The predicted molar refractivity (Wildman–Crippen MR) is 75.4 cm³/mol. The summed E-state index contributed by atoms with van der Waals surface area (Å²) in [5, 5.41) is 0. The number of carbonyl (C=O) groups excluding carboxylic acids is 1. The molecule has 2 nitrogen and oxygen atoms in total. The number of allylic oxidation sites excluding steroid dienone is 1. The minimum Gasteiger partial charge on any atom is -0.501 e. The van der Waals surface area contributed by atoms with Crippen LogP contribution in [0.4, 0.5) is 0 Å². The van der Waals surface area contributed by atoms with Gasteiger partial charge in [0.15, 0.2) is 0 Å². The minimum atomic E-state index is 0.441. The van der Waals surface area contributed by atoms with Crippen molar-refractivity contribution in [1.29, 1.82) is 0 Å². The molecule has 1 fully saturated rings. The molecule has 0 saturated heterocycles. The van der Waals surface area contributed by atoms with Gasteiger partial charge in [0.2, 0.25) is 0 Å². The molecule has 0 radical (unpaired) electrons. The number of aldehydes is 1. The molecule has 2 heteroatoms. The summed E-state index contributed by atoms with van der Waals surface area (Å²) in [5.74, 6) is 1.34.